The average molecular weight is 392 g/mol. The maximum absolute atomic E-state index is 14.0. The summed E-state index contributed by atoms with van der Waals surface area (Å²) >= 11 is 0. The van der Waals surface area contributed by atoms with Crippen molar-refractivity contribution in [3.63, 3.8) is 0 Å². The third-order valence-electron chi connectivity index (χ3n) is 4.34. The minimum Gasteiger partial charge on any atom is -0.350 e. The standard InChI is InChI=1S/C20H25FN2O3S/c1-4-15-10-11-16(5-2)17(12-15)13-22-20(24)14-23(27(3,25)26)19-9-7-6-8-18(19)21/h6-12H,4-5,13-14H2,1-3H3,(H,22,24). The Kier molecular flexibility index (Phi) is 6.96. The van der Waals surface area contributed by atoms with Crippen molar-refractivity contribution in [1.29, 1.82) is 0 Å². The minimum atomic E-state index is -3.81. The molecule has 7 heteroatoms. The fourth-order valence-electron chi connectivity index (χ4n) is 2.82. The largest absolute Gasteiger partial charge is 0.350 e. The van der Waals surface area contributed by atoms with E-state index >= 15 is 0 Å². The van der Waals surface area contributed by atoms with Crippen molar-refractivity contribution < 1.29 is 17.6 Å². The zero-order valence-electron chi connectivity index (χ0n) is 15.8. The summed E-state index contributed by atoms with van der Waals surface area (Å²) in [5, 5.41) is 2.75. The number of sulfonamides is 1. The number of aryl methyl sites for hydroxylation is 2. The van der Waals surface area contributed by atoms with Gasteiger partial charge in [0.2, 0.25) is 15.9 Å². The first-order chi connectivity index (χ1) is 12.8. The lowest BCUT2D eigenvalue weighted by Gasteiger charge is -2.22. The van der Waals surface area contributed by atoms with Crippen molar-refractivity contribution >= 4 is 21.6 Å². The number of hydrogen-bond donors (Lipinski definition) is 1. The molecule has 0 unspecified atom stereocenters. The highest BCUT2D eigenvalue weighted by molar-refractivity contribution is 7.92. The molecule has 0 aromatic heterocycles. The molecule has 0 saturated heterocycles. The molecule has 1 N–H and O–H groups in total. The van der Waals surface area contributed by atoms with Crippen LogP contribution in [0.5, 0.6) is 0 Å². The molecule has 0 spiro atoms. The van der Waals surface area contributed by atoms with E-state index in [-0.39, 0.29) is 5.69 Å². The van der Waals surface area contributed by atoms with Crippen LogP contribution in [0.2, 0.25) is 0 Å². The van der Waals surface area contributed by atoms with Crippen molar-refractivity contribution in [2.24, 2.45) is 0 Å². The van der Waals surface area contributed by atoms with Crippen LogP contribution >= 0.6 is 0 Å². The van der Waals surface area contributed by atoms with E-state index in [0.29, 0.717) is 6.54 Å². The summed E-state index contributed by atoms with van der Waals surface area (Å²) in [5.74, 6) is -1.19. The number of halogens is 1. The van der Waals surface area contributed by atoms with Crippen LogP contribution in [0, 0.1) is 5.82 Å². The van der Waals surface area contributed by atoms with Gasteiger partial charge in [0.25, 0.3) is 0 Å². The Labute approximate surface area is 160 Å². The van der Waals surface area contributed by atoms with E-state index in [2.05, 4.69) is 18.3 Å². The Bertz CT molecular complexity index is 913. The third kappa shape index (κ3) is 5.53. The van der Waals surface area contributed by atoms with Crippen molar-refractivity contribution in [2.45, 2.75) is 33.2 Å². The number of carbonyl (C=O) groups is 1. The summed E-state index contributed by atoms with van der Waals surface area (Å²) in [4.78, 5) is 12.4. The monoisotopic (exact) mass is 392 g/mol. The van der Waals surface area contributed by atoms with E-state index in [1.165, 1.54) is 23.8 Å². The molecule has 0 saturated carbocycles. The Morgan fingerprint density at radius 2 is 1.78 bits per heavy atom. The zero-order chi connectivity index (χ0) is 20.0. The maximum Gasteiger partial charge on any atom is 0.241 e. The van der Waals surface area contributed by atoms with Gasteiger partial charge in [0.1, 0.15) is 12.4 Å². The molecule has 146 valence electrons. The number of para-hydroxylation sites is 1. The third-order valence-corrected chi connectivity index (χ3v) is 5.47. The van der Waals surface area contributed by atoms with E-state index in [0.717, 1.165) is 40.6 Å². The summed E-state index contributed by atoms with van der Waals surface area (Å²) < 4.78 is 38.9. The van der Waals surface area contributed by atoms with Crippen LogP contribution in [-0.2, 0) is 34.2 Å². The summed E-state index contributed by atoms with van der Waals surface area (Å²) in [6.07, 6.45) is 2.67. The first kappa shape index (κ1) is 20.9. The summed E-state index contributed by atoms with van der Waals surface area (Å²) in [5.41, 5.74) is 3.15. The summed E-state index contributed by atoms with van der Waals surface area (Å²) in [7, 11) is -3.81. The van der Waals surface area contributed by atoms with Crippen molar-refractivity contribution in [3.8, 4) is 0 Å². The molecule has 0 radical (unpaired) electrons. The molecule has 2 rings (SSSR count). The highest BCUT2D eigenvalue weighted by atomic mass is 32.2. The van der Waals surface area contributed by atoms with Gasteiger partial charge >= 0.3 is 0 Å². The SMILES string of the molecule is CCc1ccc(CC)c(CNC(=O)CN(c2ccccc2F)S(C)(=O)=O)c1. The topological polar surface area (TPSA) is 66.5 Å². The number of hydrogen-bond acceptors (Lipinski definition) is 3. The summed E-state index contributed by atoms with van der Waals surface area (Å²) in [6, 6.07) is 11.6. The van der Waals surface area contributed by atoms with E-state index in [4.69, 9.17) is 0 Å². The number of benzene rings is 2. The fourth-order valence-corrected chi connectivity index (χ4v) is 3.68. The Hall–Kier alpha value is -2.41. The van der Waals surface area contributed by atoms with Gasteiger partial charge in [-0.05, 0) is 41.7 Å². The minimum absolute atomic E-state index is 0.141. The highest BCUT2D eigenvalue weighted by Crippen LogP contribution is 2.21. The van der Waals surface area contributed by atoms with Gasteiger partial charge in [0, 0.05) is 6.54 Å². The van der Waals surface area contributed by atoms with Crippen LogP contribution < -0.4 is 9.62 Å². The average Bonchev–Trinajstić information content (AvgIpc) is 2.64. The molecule has 0 atom stereocenters. The number of nitrogens with one attached hydrogen (secondary N) is 1. The van der Waals surface area contributed by atoms with Gasteiger partial charge in [-0.15, -0.1) is 0 Å². The Morgan fingerprint density at radius 3 is 2.37 bits per heavy atom. The lowest BCUT2D eigenvalue weighted by Crippen LogP contribution is -2.40. The summed E-state index contributed by atoms with van der Waals surface area (Å²) in [6.45, 7) is 3.91. The quantitative estimate of drug-likeness (QED) is 0.751. The van der Waals surface area contributed by atoms with Crippen LogP contribution in [-0.4, -0.2) is 27.1 Å². The molecule has 0 aliphatic heterocycles. The first-order valence-electron chi connectivity index (χ1n) is 8.85. The van der Waals surface area contributed by atoms with E-state index in [1.807, 2.05) is 19.1 Å². The van der Waals surface area contributed by atoms with Crippen LogP contribution in [0.25, 0.3) is 0 Å². The second-order valence-corrected chi connectivity index (χ2v) is 8.21. The maximum atomic E-state index is 14.0. The molecule has 2 aromatic rings. The Morgan fingerprint density at radius 1 is 1.07 bits per heavy atom. The molecule has 1 amide bonds. The Balaban J connectivity index is 2.15. The van der Waals surface area contributed by atoms with Gasteiger partial charge < -0.3 is 5.32 Å². The number of anilines is 1. The normalized spacial score (nSPS) is 11.3. The molecule has 27 heavy (non-hydrogen) atoms. The van der Waals surface area contributed by atoms with Crippen molar-refractivity contribution in [1.82, 2.24) is 5.32 Å². The molecular weight excluding hydrogens is 367 g/mol. The highest BCUT2D eigenvalue weighted by Gasteiger charge is 2.23. The second-order valence-electron chi connectivity index (χ2n) is 6.31. The van der Waals surface area contributed by atoms with Gasteiger partial charge in [-0.25, -0.2) is 12.8 Å². The number of rotatable bonds is 8. The first-order valence-corrected chi connectivity index (χ1v) is 10.7. The molecular formula is C20H25FN2O3S. The van der Waals surface area contributed by atoms with Crippen LogP contribution in [0.4, 0.5) is 10.1 Å². The van der Waals surface area contributed by atoms with Crippen molar-refractivity contribution in [3.05, 3.63) is 65.0 Å². The van der Waals surface area contributed by atoms with Crippen LogP contribution in [0.15, 0.2) is 42.5 Å². The predicted octanol–water partition coefficient (Wildman–Crippen LogP) is 3.03. The molecule has 0 aliphatic rings. The van der Waals surface area contributed by atoms with Crippen LogP contribution in [0.3, 0.4) is 0 Å². The molecule has 2 aromatic carbocycles. The van der Waals surface area contributed by atoms with Gasteiger partial charge in [-0.3, -0.25) is 9.10 Å². The van der Waals surface area contributed by atoms with Gasteiger partial charge in [-0.1, -0.05) is 44.2 Å². The lowest BCUT2D eigenvalue weighted by atomic mass is 10.0. The van der Waals surface area contributed by atoms with E-state index in [9.17, 15) is 17.6 Å². The number of nitrogens with zero attached hydrogens (tertiary/aromatic N) is 1. The van der Waals surface area contributed by atoms with E-state index < -0.39 is 28.3 Å². The van der Waals surface area contributed by atoms with Crippen molar-refractivity contribution in [2.75, 3.05) is 17.1 Å². The second kappa shape index (κ2) is 8.99. The van der Waals surface area contributed by atoms with Gasteiger partial charge in [0.15, 0.2) is 0 Å². The molecule has 0 bridgehead atoms. The molecule has 5 nitrogen and oxygen atoms in total. The van der Waals surface area contributed by atoms with E-state index in [1.54, 1.807) is 0 Å². The predicted molar refractivity (Wildman–Crippen MR) is 106 cm³/mol. The zero-order valence-corrected chi connectivity index (χ0v) is 16.6. The van der Waals surface area contributed by atoms with Gasteiger partial charge in [0.05, 0.1) is 11.9 Å². The fraction of sp³-hybridized carbons (Fsp3) is 0.350. The molecule has 0 heterocycles. The number of carbonyl (C=O) groups excluding carboxylic acids is 1. The number of amides is 1. The molecule has 0 aliphatic carbocycles. The van der Waals surface area contributed by atoms with Crippen LogP contribution in [0.1, 0.15) is 30.5 Å². The smallest absolute Gasteiger partial charge is 0.241 e. The van der Waals surface area contributed by atoms with Gasteiger partial charge in [-0.2, -0.15) is 0 Å². The lowest BCUT2D eigenvalue weighted by molar-refractivity contribution is -0.119. The molecule has 0 fully saturated rings.